The standard InChI is InChI=1S/C14H19F3N6O/c1-22(2)13(3-5-24-6-4-13)8-18-11-7-10(14(15,16)17)21-12-19-9-20-23(11)12/h7,9,18H,3-6,8H2,1-2H3. The molecule has 1 saturated heterocycles. The van der Waals surface area contributed by atoms with Crippen LogP contribution in [0.4, 0.5) is 19.0 Å². The lowest BCUT2D eigenvalue weighted by Crippen LogP contribution is -2.53. The van der Waals surface area contributed by atoms with E-state index in [-0.39, 0.29) is 17.1 Å². The maximum atomic E-state index is 13.0. The van der Waals surface area contributed by atoms with Crippen LogP contribution in [0.1, 0.15) is 18.5 Å². The predicted octanol–water partition coefficient (Wildman–Crippen LogP) is 1.67. The number of anilines is 1. The van der Waals surface area contributed by atoms with Crippen LogP contribution in [-0.2, 0) is 10.9 Å². The number of nitrogens with one attached hydrogen (secondary N) is 1. The van der Waals surface area contributed by atoms with Gasteiger partial charge in [0.25, 0.3) is 5.78 Å². The molecule has 0 aromatic carbocycles. The molecule has 10 heteroatoms. The first-order chi connectivity index (χ1) is 11.3. The van der Waals surface area contributed by atoms with E-state index in [1.54, 1.807) is 0 Å². The molecule has 0 saturated carbocycles. The first-order valence-corrected chi connectivity index (χ1v) is 7.59. The lowest BCUT2D eigenvalue weighted by Gasteiger charge is -2.43. The van der Waals surface area contributed by atoms with E-state index in [4.69, 9.17) is 4.74 Å². The molecular formula is C14H19F3N6O. The summed E-state index contributed by atoms with van der Waals surface area (Å²) in [4.78, 5) is 9.37. The number of alkyl halides is 3. The van der Waals surface area contributed by atoms with Crippen molar-refractivity contribution in [1.29, 1.82) is 0 Å². The minimum Gasteiger partial charge on any atom is -0.381 e. The van der Waals surface area contributed by atoms with Crippen LogP contribution in [0.3, 0.4) is 0 Å². The topological polar surface area (TPSA) is 67.6 Å². The molecule has 0 bridgehead atoms. The Morgan fingerprint density at radius 1 is 1.33 bits per heavy atom. The number of hydrogen-bond acceptors (Lipinski definition) is 6. The highest BCUT2D eigenvalue weighted by Gasteiger charge is 2.36. The molecule has 132 valence electrons. The Morgan fingerprint density at radius 3 is 2.67 bits per heavy atom. The van der Waals surface area contributed by atoms with E-state index in [2.05, 4.69) is 25.3 Å². The molecule has 3 rings (SSSR count). The summed E-state index contributed by atoms with van der Waals surface area (Å²) in [6.07, 6.45) is -1.76. The third-order valence-electron chi connectivity index (χ3n) is 4.51. The van der Waals surface area contributed by atoms with Gasteiger partial charge in [0.15, 0.2) is 5.69 Å². The van der Waals surface area contributed by atoms with Crippen molar-refractivity contribution in [3.05, 3.63) is 18.1 Å². The second kappa shape index (κ2) is 6.17. The monoisotopic (exact) mass is 344 g/mol. The number of fused-ring (bicyclic) bond motifs is 1. The number of nitrogens with zero attached hydrogens (tertiary/aromatic N) is 5. The van der Waals surface area contributed by atoms with Gasteiger partial charge in [-0.25, -0.2) is 4.98 Å². The summed E-state index contributed by atoms with van der Waals surface area (Å²) < 4.78 is 45.8. The van der Waals surface area contributed by atoms with Gasteiger partial charge in [-0.1, -0.05) is 0 Å². The molecule has 2 aromatic heterocycles. The number of halogens is 3. The smallest absolute Gasteiger partial charge is 0.381 e. The van der Waals surface area contributed by atoms with Gasteiger partial charge in [0.1, 0.15) is 12.1 Å². The maximum Gasteiger partial charge on any atom is 0.433 e. The zero-order valence-electron chi connectivity index (χ0n) is 13.5. The highest BCUT2D eigenvalue weighted by atomic mass is 19.4. The van der Waals surface area contributed by atoms with Crippen LogP contribution in [0.25, 0.3) is 5.78 Å². The van der Waals surface area contributed by atoms with Crippen LogP contribution in [0.2, 0.25) is 0 Å². The molecule has 24 heavy (non-hydrogen) atoms. The first kappa shape index (κ1) is 16.9. The van der Waals surface area contributed by atoms with Gasteiger partial charge in [-0.2, -0.15) is 27.8 Å². The van der Waals surface area contributed by atoms with Crippen molar-refractivity contribution in [2.45, 2.75) is 24.6 Å². The fourth-order valence-corrected chi connectivity index (χ4v) is 2.87. The zero-order valence-corrected chi connectivity index (χ0v) is 13.5. The van der Waals surface area contributed by atoms with E-state index in [1.807, 2.05) is 14.1 Å². The largest absolute Gasteiger partial charge is 0.433 e. The van der Waals surface area contributed by atoms with Crippen molar-refractivity contribution >= 4 is 11.6 Å². The summed E-state index contributed by atoms with van der Waals surface area (Å²) >= 11 is 0. The van der Waals surface area contributed by atoms with Crippen molar-refractivity contribution in [1.82, 2.24) is 24.5 Å². The minimum atomic E-state index is -4.54. The van der Waals surface area contributed by atoms with Crippen LogP contribution >= 0.6 is 0 Å². The molecule has 0 unspecified atom stereocenters. The molecule has 7 nitrogen and oxygen atoms in total. The SMILES string of the molecule is CN(C)C1(CNc2cc(C(F)(F)F)nc3ncnn23)CCOCC1. The molecule has 0 atom stereocenters. The second-order valence-electron chi connectivity index (χ2n) is 6.08. The first-order valence-electron chi connectivity index (χ1n) is 7.59. The quantitative estimate of drug-likeness (QED) is 0.910. The third-order valence-corrected chi connectivity index (χ3v) is 4.51. The van der Waals surface area contributed by atoms with Gasteiger partial charge in [-0.15, -0.1) is 0 Å². The summed E-state index contributed by atoms with van der Waals surface area (Å²) in [5.41, 5.74) is -1.18. The van der Waals surface area contributed by atoms with E-state index >= 15 is 0 Å². The fourth-order valence-electron chi connectivity index (χ4n) is 2.87. The normalized spacial score (nSPS) is 18.2. The van der Waals surface area contributed by atoms with Gasteiger partial charge in [0, 0.05) is 31.4 Å². The van der Waals surface area contributed by atoms with E-state index in [0.717, 1.165) is 18.9 Å². The summed E-state index contributed by atoms with van der Waals surface area (Å²) in [6.45, 7) is 1.73. The number of aromatic nitrogens is 4. The average molecular weight is 344 g/mol. The van der Waals surface area contributed by atoms with Crippen LogP contribution in [-0.4, -0.2) is 63.9 Å². The van der Waals surface area contributed by atoms with Crippen LogP contribution in [0.5, 0.6) is 0 Å². The molecule has 0 radical (unpaired) electrons. The lowest BCUT2D eigenvalue weighted by atomic mass is 9.88. The molecule has 2 aromatic rings. The summed E-state index contributed by atoms with van der Waals surface area (Å²) in [6, 6.07) is 0.963. The van der Waals surface area contributed by atoms with Crippen molar-refractivity contribution in [3.8, 4) is 0 Å². The van der Waals surface area contributed by atoms with E-state index in [1.165, 1.54) is 10.8 Å². The van der Waals surface area contributed by atoms with Crippen molar-refractivity contribution < 1.29 is 17.9 Å². The predicted molar refractivity (Wildman–Crippen MR) is 80.7 cm³/mol. The lowest BCUT2D eigenvalue weighted by molar-refractivity contribution is -0.141. The average Bonchev–Trinajstić information content (AvgIpc) is 3.01. The molecule has 1 fully saturated rings. The van der Waals surface area contributed by atoms with Crippen LogP contribution in [0.15, 0.2) is 12.4 Å². The second-order valence-corrected chi connectivity index (χ2v) is 6.08. The van der Waals surface area contributed by atoms with Gasteiger partial charge in [0.05, 0.1) is 0 Å². The molecule has 1 aliphatic heterocycles. The van der Waals surface area contributed by atoms with Gasteiger partial charge < -0.3 is 15.0 Å². The molecule has 1 aliphatic rings. The Labute approximate surface area is 136 Å². The Hall–Kier alpha value is -1.94. The Morgan fingerprint density at radius 2 is 2.04 bits per heavy atom. The molecule has 0 spiro atoms. The number of ether oxygens (including phenoxy) is 1. The van der Waals surface area contributed by atoms with Gasteiger partial charge in [0.2, 0.25) is 0 Å². The minimum absolute atomic E-state index is 0.0850. The Bertz CT molecular complexity index is 708. The van der Waals surface area contributed by atoms with Gasteiger partial charge >= 0.3 is 6.18 Å². The Balaban J connectivity index is 1.90. The van der Waals surface area contributed by atoms with Gasteiger partial charge in [-0.3, -0.25) is 0 Å². The molecule has 3 heterocycles. The van der Waals surface area contributed by atoms with Crippen molar-refractivity contribution in [3.63, 3.8) is 0 Å². The van der Waals surface area contributed by atoms with E-state index < -0.39 is 11.9 Å². The van der Waals surface area contributed by atoms with Gasteiger partial charge in [-0.05, 0) is 26.9 Å². The molecule has 0 amide bonds. The van der Waals surface area contributed by atoms with Crippen molar-refractivity contribution in [2.24, 2.45) is 0 Å². The number of likely N-dealkylation sites (N-methyl/N-ethyl adjacent to an activating group) is 1. The highest BCUT2D eigenvalue weighted by molar-refractivity contribution is 5.46. The highest BCUT2D eigenvalue weighted by Crippen LogP contribution is 2.31. The fraction of sp³-hybridized carbons (Fsp3) is 0.643. The molecule has 0 aliphatic carbocycles. The zero-order chi connectivity index (χ0) is 17.4. The Kier molecular flexibility index (Phi) is 4.35. The summed E-state index contributed by atoms with van der Waals surface area (Å²) in [5.74, 6) is 0.135. The third kappa shape index (κ3) is 3.16. The van der Waals surface area contributed by atoms with E-state index in [0.29, 0.717) is 19.8 Å². The maximum absolute atomic E-state index is 13.0. The van der Waals surface area contributed by atoms with Crippen LogP contribution < -0.4 is 5.32 Å². The van der Waals surface area contributed by atoms with Crippen LogP contribution in [0, 0.1) is 0 Å². The number of hydrogen-bond donors (Lipinski definition) is 1. The van der Waals surface area contributed by atoms with Crippen molar-refractivity contribution in [2.75, 3.05) is 39.2 Å². The molecular weight excluding hydrogens is 325 g/mol. The number of rotatable bonds is 4. The summed E-state index contributed by atoms with van der Waals surface area (Å²) in [5, 5.41) is 7.05. The van der Waals surface area contributed by atoms with E-state index in [9.17, 15) is 13.2 Å². The summed E-state index contributed by atoms with van der Waals surface area (Å²) in [7, 11) is 3.93. The molecule has 1 N–H and O–H groups in total.